The fraction of sp³-hybridized carbons (Fsp3) is 0.900. The van der Waals surface area contributed by atoms with Gasteiger partial charge in [-0.2, -0.15) is 0 Å². The van der Waals surface area contributed by atoms with Crippen LogP contribution in [-0.2, 0) is 4.79 Å². The Morgan fingerprint density at radius 1 is 1.19 bits per heavy atom. The van der Waals surface area contributed by atoms with Crippen molar-refractivity contribution in [2.24, 2.45) is 22.6 Å². The summed E-state index contributed by atoms with van der Waals surface area (Å²) in [5.74, 6) is 1.87. The van der Waals surface area contributed by atoms with E-state index in [0.29, 0.717) is 18.4 Å². The van der Waals surface area contributed by atoms with Crippen LogP contribution in [0.15, 0.2) is 4.99 Å². The van der Waals surface area contributed by atoms with Crippen LogP contribution < -0.4 is 11.1 Å². The summed E-state index contributed by atoms with van der Waals surface area (Å²) >= 11 is 0. The second-order valence-electron chi connectivity index (χ2n) is 7.94. The largest absolute Gasteiger partial charge is 0.370 e. The second kappa shape index (κ2) is 12.8. The van der Waals surface area contributed by atoms with Crippen molar-refractivity contribution in [3.8, 4) is 0 Å². The number of carbonyl (C=O) groups excluding carboxylic acids is 1. The van der Waals surface area contributed by atoms with Crippen LogP contribution >= 0.6 is 24.0 Å². The number of nitrogens with one attached hydrogen (secondary N) is 1. The van der Waals surface area contributed by atoms with Crippen LogP contribution in [0.4, 0.5) is 0 Å². The van der Waals surface area contributed by atoms with E-state index in [4.69, 9.17) is 5.73 Å². The van der Waals surface area contributed by atoms with E-state index in [-0.39, 0.29) is 29.9 Å². The fourth-order valence-corrected chi connectivity index (χ4v) is 4.74. The maximum Gasteiger partial charge on any atom is 0.217 e. The van der Waals surface area contributed by atoms with Gasteiger partial charge in [0.1, 0.15) is 0 Å². The molecule has 0 spiro atoms. The van der Waals surface area contributed by atoms with E-state index in [1.807, 2.05) is 7.05 Å². The van der Waals surface area contributed by atoms with Crippen molar-refractivity contribution in [3.63, 3.8) is 0 Å². The monoisotopic (exact) mass is 493 g/mol. The Labute approximate surface area is 182 Å². The first-order valence-corrected chi connectivity index (χ1v) is 10.6. The molecule has 0 radical (unpaired) electrons. The van der Waals surface area contributed by atoms with Gasteiger partial charge in [0, 0.05) is 39.1 Å². The molecule has 1 amide bonds. The highest BCUT2D eigenvalue weighted by Gasteiger charge is 2.29. The third-order valence-corrected chi connectivity index (χ3v) is 6.19. The van der Waals surface area contributed by atoms with Crippen LogP contribution in [0.5, 0.6) is 0 Å². The molecule has 3 N–H and O–H groups in total. The lowest BCUT2D eigenvalue weighted by molar-refractivity contribution is -0.119. The molecule has 2 atom stereocenters. The predicted molar refractivity (Wildman–Crippen MR) is 124 cm³/mol. The first-order chi connectivity index (χ1) is 12.6. The van der Waals surface area contributed by atoms with Crippen molar-refractivity contribution in [2.45, 2.75) is 64.8 Å². The molecule has 158 valence electrons. The van der Waals surface area contributed by atoms with Gasteiger partial charge in [-0.15, -0.1) is 24.0 Å². The van der Waals surface area contributed by atoms with E-state index in [2.05, 4.69) is 34.0 Å². The van der Waals surface area contributed by atoms with Crippen LogP contribution in [0.1, 0.15) is 58.8 Å². The number of rotatable bonds is 8. The van der Waals surface area contributed by atoms with Crippen LogP contribution in [0.25, 0.3) is 0 Å². The minimum absolute atomic E-state index is 0. The number of carbonyl (C=O) groups is 1. The Balaban J connectivity index is 0.00000364. The maximum atomic E-state index is 11.3. The second-order valence-corrected chi connectivity index (χ2v) is 7.94. The highest BCUT2D eigenvalue weighted by molar-refractivity contribution is 14.0. The lowest BCUT2D eigenvalue weighted by Gasteiger charge is -2.37. The third-order valence-electron chi connectivity index (χ3n) is 6.19. The van der Waals surface area contributed by atoms with Gasteiger partial charge in [-0.1, -0.05) is 26.7 Å². The molecule has 27 heavy (non-hydrogen) atoms. The number of likely N-dealkylation sites (tertiary alicyclic amines) is 2. The lowest BCUT2D eigenvalue weighted by Crippen LogP contribution is -2.52. The number of halogens is 1. The smallest absolute Gasteiger partial charge is 0.217 e. The summed E-state index contributed by atoms with van der Waals surface area (Å²) < 4.78 is 0. The van der Waals surface area contributed by atoms with Crippen LogP contribution in [0.3, 0.4) is 0 Å². The van der Waals surface area contributed by atoms with Gasteiger partial charge in [-0.05, 0) is 50.6 Å². The van der Waals surface area contributed by atoms with Gasteiger partial charge in [0.2, 0.25) is 5.91 Å². The average molecular weight is 493 g/mol. The molecule has 6 nitrogen and oxygen atoms in total. The zero-order valence-electron chi connectivity index (χ0n) is 17.5. The Hall–Kier alpha value is -0.570. The van der Waals surface area contributed by atoms with E-state index in [1.165, 1.54) is 38.8 Å². The topological polar surface area (TPSA) is 74.0 Å². The standard InChI is InChI=1S/C20H39N5O.HI/c1-4-17(5-2)18(24-10-6-7-11-24)14-23-20(22-3)25-12-8-9-16(15-25)13-19(21)26;/h16-18H,4-15H2,1-3H3,(H2,21,26)(H,22,23);1H. The highest BCUT2D eigenvalue weighted by Crippen LogP contribution is 2.23. The van der Waals surface area contributed by atoms with E-state index in [0.717, 1.165) is 44.4 Å². The fourth-order valence-electron chi connectivity index (χ4n) is 4.74. The SMILES string of the molecule is CCC(CC)C(CNC(=NC)N1CCCC(CC(N)=O)C1)N1CCCC1.I. The van der Waals surface area contributed by atoms with Gasteiger partial charge < -0.3 is 16.0 Å². The lowest BCUT2D eigenvalue weighted by atomic mass is 9.92. The first-order valence-electron chi connectivity index (χ1n) is 10.6. The van der Waals surface area contributed by atoms with Crippen LogP contribution in [0.2, 0.25) is 0 Å². The first kappa shape index (κ1) is 24.5. The van der Waals surface area contributed by atoms with Crippen molar-refractivity contribution in [2.75, 3.05) is 39.8 Å². The summed E-state index contributed by atoms with van der Waals surface area (Å²) in [4.78, 5) is 20.8. The number of guanidine groups is 1. The molecular formula is C20H40IN5O. The van der Waals surface area contributed by atoms with Crippen LogP contribution in [-0.4, -0.2) is 67.5 Å². The predicted octanol–water partition coefficient (Wildman–Crippen LogP) is 2.67. The molecule has 0 aromatic heterocycles. The summed E-state index contributed by atoms with van der Waals surface area (Å²) in [5, 5.41) is 3.66. The number of hydrogen-bond donors (Lipinski definition) is 2. The van der Waals surface area contributed by atoms with Gasteiger partial charge in [0.05, 0.1) is 0 Å². The number of primary amides is 1. The normalized spacial score (nSPS) is 22.6. The minimum Gasteiger partial charge on any atom is -0.370 e. The molecule has 0 aliphatic carbocycles. The summed E-state index contributed by atoms with van der Waals surface area (Å²) in [5.41, 5.74) is 5.40. The number of nitrogens with two attached hydrogens (primary N) is 1. The number of nitrogens with zero attached hydrogens (tertiary/aromatic N) is 3. The van der Waals surface area contributed by atoms with Gasteiger partial charge in [0.15, 0.2) is 5.96 Å². The van der Waals surface area contributed by atoms with Gasteiger partial charge in [0.25, 0.3) is 0 Å². The number of piperidine rings is 1. The molecule has 2 saturated heterocycles. The molecule has 2 rings (SSSR count). The minimum atomic E-state index is -0.192. The molecule has 0 bridgehead atoms. The summed E-state index contributed by atoms with van der Waals surface area (Å²) in [7, 11) is 1.86. The van der Waals surface area contributed by atoms with E-state index in [9.17, 15) is 4.79 Å². The molecule has 7 heteroatoms. The zero-order valence-corrected chi connectivity index (χ0v) is 19.8. The molecule has 2 aliphatic heterocycles. The van der Waals surface area contributed by atoms with Crippen molar-refractivity contribution < 1.29 is 4.79 Å². The molecule has 0 saturated carbocycles. The highest BCUT2D eigenvalue weighted by atomic mass is 127. The van der Waals surface area contributed by atoms with E-state index in [1.54, 1.807) is 0 Å². The number of hydrogen-bond acceptors (Lipinski definition) is 3. The maximum absolute atomic E-state index is 11.3. The third kappa shape index (κ3) is 7.40. The van der Waals surface area contributed by atoms with Crippen molar-refractivity contribution >= 4 is 35.8 Å². The Bertz CT molecular complexity index is 461. The Morgan fingerprint density at radius 2 is 1.85 bits per heavy atom. The summed E-state index contributed by atoms with van der Waals surface area (Å²) in [6, 6.07) is 0.579. The Kier molecular flexibility index (Phi) is 11.6. The summed E-state index contributed by atoms with van der Waals surface area (Å²) in [6.07, 6.45) is 7.77. The van der Waals surface area contributed by atoms with Gasteiger partial charge >= 0.3 is 0 Å². The Morgan fingerprint density at radius 3 is 2.41 bits per heavy atom. The van der Waals surface area contributed by atoms with Crippen molar-refractivity contribution in [1.29, 1.82) is 0 Å². The average Bonchev–Trinajstić information content (AvgIpc) is 3.15. The van der Waals surface area contributed by atoms with Gasteiger partial charge in [-0.3, -0.25) is 14.7 Å². The molecule has 0 aromatic carbocycles. The van der Waals surface area contributed by atoms with Gasteiger partial charge in [-0.25, -0.2) is 0 Å². The quantitative estimate of drug-likeness (QED) is 0.310. The van der Waals surface area contributed by atoms with Crippen molar-refractivity contribution in [1.82, 2.24) is 15.1 Å². The number of aliphatic imine (C=N–C) groups is 1. The molecule has 2 unspecified atom stereocenters. The molecule has 2 aliphatic rings. The molecular weight excluding hydrogens is 453 g/mol. The zero-order chi connectivity index (χ0) is 18.9. The van der Waals surface area contributed by atoms with E-state index >= 15 is 0 Å². The summed E-state index contributed by atoms with van der Waals surface area (Å²) in [6.45, 7) is 9.92. The number of amides is 1. The van der Waals surface area contributed by atoms with Crippen LogP contribution in [0, 0.1) is 11.8 Å². The molecule has 2 heterocycles. The molecule has 0 aromatic rings. The van der Waals surface area contributed by atoms with Crippen molar-refractivity contribution in [3.05, 3.63) is 0 Å². The van der Waals surface area contributed by atoms with E-state index < -0.39 is 0 Å². The molecule has 2 fully saturated rings.